The number of hydrogen-bond acceptors (Lipinski definition) is 5. The Bertz CT molecular complexity index is 1060. The Hall–Kier alpha value is -3.48. The zero-order valence-corrected chi connectivity index (χ0v) is 17.6. The minimum absolute atomic E-state index is 0.0197. The number of benzene rings is 2. The molecular formula is C24H25FN4O2. The highest BCUT2D eigenvalue weighted by atomic mass is 19.1. The van der Waals surface area contributed by atoms with E-state index in [1.165, 1.54) is 19.2 Å². The second kappa shape index (κ2) is 9.12. The van der Waals surface area contributed by atoms with Crippen LogP contribution in [0.1, 0.15) is 30.1 Å². The van der Waals surface area contributed by atoms with Crippen LogP contribution in [0.15, 0.2) is 60.8 Å². The van der Waals surface area contributed by atoms with E-state index in [0.29, 0.717) is 12.5 Å². The quantitative estimate of drug-likeness (QED) is 0.663. The van der Waals surface area contributed by atoms with E-state index in [4.69, 9.17) is 4.74 Å². The lowest BCUT2D eigenvalue weighted by Gasteiger charge is -2.40. The van der Waals surface area contributed by atoms with Crippen molar-refractivity contribution in [2.75, 3.05) is 19.0 Å². The molecule has 31 heavy (non-hydrogen) atoms. The summed E-state index contributed by atoms with van der Waals surface area (Å²) in [6.07, 6.45) is 3.43. The van der Waals surface area contributed by atoms with Crippen LogP contribution in [-0.2, 0) is 0 Å². The maximum Gasteiger partial charge on any atom is 0.258 e. The van der Waals surface area contributed by atoms with Gasteiger partial charge in [0.05, 0.1) is 18.4 Å². The molecule has 1 fully saturated rings. The maximum absolute atomic E-state index is 14.1. The normalized spacial score (nSPS) is 18.5. The number of hydrogen-bond donors (Lipinski definition) is 1. The number of anilines is 1. The topological polar surface area (TPSA) is 67.3 Å². The lowest BCUT2D eigenvalue weighted by Crippen LogP contribution is -2.52. The van der Waals surface area contributed by atoms with Crippen molar-refractivity contribution in [1.82, 2.24) is 14.9 Å². The minimum Gasteiger partial charge on any atom is -0.493 e. The van der Waals surface area contributed by atoms with Gasteiger partial charge in [-0.15, -0.1) is 0 Å². The van der Waals surface area contributed by atoms with E-state index in [1.807, 2.05) is 43.3 Å². The molecule has 1 aliphatic heterocycles. The molecule has 1 aromatic heterocycles. The van der Waals surface area contributed by atoms with Gasteiger partial charge in [-0.3, -0.25) is 4.79 Å². The zero-order valence-electron chi connectivity index (χ0n) is 17.6. The number of carbonyl (C=O) groups excluding carboxylic acids is 1. The van der Waals surface area contributed by atoms with E-state index in [0.717, 1.165) is 24.1 Å². The number of methoxy groups -OCH3 is 1. The fraction of sp³-hybridized carbons (Fsp3) is 0.292. The first-order chi connectivity index (χ1) is 15.1. The smallest absolute Gasteiger partial charge is 0.258 e. The Labute approximate surface area is 181 Å². The number of piperidine rings is 1. The summed E-state index contributed by atoms with van der Waals surface area (Å²) in [6, 6.07) is 16.0. The molecule has 0 spiro atoms. The molecule has 4 rings (SSSR count). The third-order valence-corrected chi connectivity index (χ3v) is 5.69. The SMILES string of the molecule is COc1c(F)cccc1C(=O)N1CCC[C@H](Nc2nccc(-c3ccccc3)n2)[C@H]1C. The first kappa shape index (κ1) is 20.8. The third-order valence-electron chi connectivity index (χ3n) is 5.69. The maximum atomic E-state index is 14.1. The van der Waals surface area contributed by atoms with Gasteiger partial charge in [-0.05, 0) is 38.0 Å². The number of halogens is 1. The molecule has 1 amide bonds. The Kier molecular flexibility index (Phi) is 6.11. The monoisotopic (exact) mass is 420 g/mol. The predicted octanol–water partition coefficient (Wildman–Crippen LogP) is 4.40. The first-order valence-corrected chi connectivity index (χ1v) is 10.4. The van der Waals surface area contributed by atoms with E-state index in [9.17, 15) is 9.18 Å². The van der Waals surface area contributed by atoms with E-state index in [2.05, 4.69) is 15.3 Å². The average Bonchev–Trinajstić information content (AvgIpc) is 2.80. The molecule has 0 saturated carbocycles. The minimum atomic E-state index is -0.543. The average molecular weight is 420 g/mol. The second-order valence-electron chi connectivity index (χ2n) is 7.58. The molecular weight excluding hydrogens is 395 g/mol. The molecule has 0 radical (unpaired) electrons. The Balaban J connectivity index is 1.53. The number of likely N-dealkylation sites (tertiary alicyclic amines) is 1. The molecule has 160 valence electrons. The molecule has 3 aromatic rings. The van der Waals surface area contributed by atoms with Crippen LogP contribution < -0.4 is 10.1 Å². The van der Waals surface area contributed by atoms with Crippen molar-refractivity contribution in [3.8, 4) is 17.0 Å². The highest BCUT2D eigenvalue weighted by Gasteiger charge is 2.33. The van der Waals surface area contributed by atoms with Crippen molar-refractivity contribution in [3.05, 3.63) is 72.2 Å². The van der Waals surface area contributed by atoms with E-state index in [-0.39, 0.29) is 29.3 Å². The van der Waals surface area contributed by atoms with Crippen molar-refractivity contribution in [2.45, 2.75) is 31.8 Å². The van der Waals surface area contributed by atoms with Crippen molar-refractivity contribution in [2.24, 2.45) is 0 Å². The molecule has 0 bridgehead atoms. The van der Waals surface area contributed by atoms with Gasteiger partial charge in [0.25, 0.3) is 5.91 Å². The zero-order chi connectivity index (χ0) is 21.8. The summed E-state index contributed by atoms with van der Waals surface area (Å²) in [5.41, 5.74) is 2.08. The molecule has 0 aliphatic carbocycles. The summed E-state index contributed by atoms with van der Waals surface area (Å²) in [5, 5.41) is 3.40. The van der Waals surface area contributed by atoms with E-state index in [1.54, 1.807) is 17.2 Å². The number of aromatic nitrogens is 2. The number of para-hydroxylation sites is 1. The van der Waals surface area contributed by atoms with Crippen LogP contribution in [0, 0.1) is 5.82 Å². The lowest BCUT2D eigenvalue weighted by molar-refractivity contribution is 0.0612. The van der Waals surface area contributed by atoms with Crippen molar-refractivity contribution >= 4 is 11.9 Å². The highest BCUT2D eigenvalue weighted by Crippen LogP contribution is 2.28. The molecule has 1 saturated heterocycles. The summed E-state index contributed by atoms with van der Waals surface area (Å²) in [5.74, 6) is -0.280. The number of ether oxygens (including phenoxy) is 1. The van der Waals surface area contributed by atoms with Crippen LogP contribution >= 0.6 is 0 Å². The summed E-state index contributed by atoms with van der Waals surface area (Å²) in [6.45, 7) is 2.59. The predicted molar refractivity (Wildman–Crippen MR) is 118 cm³/mol. The summed E-state index contributed by atoms with van der Waals surface area (Å²) in [7, 11) is 1.37. The number of carbonyl (C=O) groups is 1. The van der Waals surface area contributed by atoms with Gasteiger partial charge >= 0.3 is 0 Å². The van der Waals surface area contributed by atoms with Crippen molar-refractivity contribution in [3.63, 3.8) is 0 Å². The second-order valence-corrected chi connectivity index (χ2v) is 7.58. The molecule has 0 unspecified atom stereocenters. The van der Waals surface area contributed by atoms with Gasteiger partial charge in [0, 0.05) is 30.4 Å². The summed E-state index contributed by atoms with van der Waals surface area (Å²) >= 11 is 0. The standard InChI is InChI=1S/C24H25FN4O2/c1-16-20(27-24-26-14-13-21(28-24)17-8-4-3-5-9-17)12-7-15-29(16)23(30)18-10-6-11-19(25)22(18)31-2/h3-6,8-11,13-14,16,20H,7,12,15H2,1-2H3,(H,26,27,28)/t16-,20+/m1/s1. The van der Waals surface area contributed by atoms with Crippen molar-refractivity contribution in [1.29, 1.82) is 0 Å². The fourth-order valence-electron chi connectivity index (χ4n) is 4.03. The van der Waals surface area contributed by atoms with Crippen LogP contribution in [0.5, 0.6) is 5.75 Å². The molecule has 2 heterocycles. The van der Waals surface area contributed by atoms with E-state index >= 15 is 0 Å². The van der Waals surface area contributed by atoms with Gasteiger partial charge in [-0.1, -0.05) is 36.4 Å². The van der Waals surface area contributed by atoms with Gasteiger partial charge in [0.1, 0.15) is 0 Å². The van der Waals surface area contributed by atoms with Crippen LogP contribution in [-0.4, -0.2) is 46.5 Å². The number of nitrogens with zero attached hydrogens (tertiary/aromatic N) is 3. The van der Waals surface area contributed by atoms with Gasteiger partial charge in [0.2, 0.25) is 5.95 Å². The third kappa shape index (κ3) is 4.35. The number of amides is 1. The van der Waals surface area contributed by atoms with Crippen LogP contribution in [0.25, 0.3) is 11.3 Å². The number of rotatable bonds is 5. The molecule has 7 heteroatoms. The van der Waals surface area contributed by atoms with Gasteiger partial charge in [0.15, 0.2) is 11.6 Å². The largest absolute Gasteiger partial charge is 0.493 e. The van der Waals surface area contributed by atoms with E-state index < -0.39 is 5.82 Å². The number of nitrogens with one attached hydrogen (secondary N) is 1. The first-order valence-electron chi connectivity index (χ1n) is 10.4. The Morgan fingerprint density at radius 3 is 2.74 bits per heavy atom. The molecule has 2 atom stereocenters. The molecule has 1 aliphatic rings. The van der Waals surface area contributed by atoms with Gasteiger partial charge in [-0.25, -0.2) is 14.4 Å². The summed E-state index contributed by atoms with van der Waals surface area (Å²) < 4.78 is 19.2. The Morgan fingerprint density at radius 2 is 1.97 bits per heavy atom. The van der Waals surface area contributed by atoms with Crippen LogP contribution in [0.3, 0.4) is 0 Å². The highest BCUT2D eigenvalue weighted by molar-refractivity contribution is 5.97. The molecule has 1 N–H and O–H groups in total. The van der Waals surface area contributed by atoms with Crippen molar-refractivity contribution < 1.29 is 13.9 Å². The molecule has 2 aromatic carbocycles. The van der Waals surface area contributed by atoms with Gasteiger partial charge < -0.3 is 15.0 Å². The molecule has 6 nitrogen and oxygen atoms in total. The van der Waals surface area contributed by atoms with Crippen LogP contribution in [0.4, 0.5) is 10.3 Å². The Morgan fingerprint density at radius 1 is 1.16 bits per heavy atom. The fourth-order valence-corrected chi connectivity index (χ4v) is 4.03. The lowest BCUT2D eigenvalue weighted by atomic mass is 9.96. The summed E-state index contributed by atoms with van der Waals surface area (Å²) in [4.78, 5) is 24.0. The van der Waals surface area contributed by atoms with Gasteiger partial charge in [-0.2, -0.15) is 0 Å². The van der Waals surface area contributed by atoms with Crippen LogP contribution in [0.2, 0.25) is 0 Å².